The highest BCUT2D eigenvalue weighted by Gasteiger charge is 2.34. The monoisotopic (exact) mass is 617 g/mol. The fourth-order valence-electron chi connectivity index (χ4n) is 4.04. The van der Waals surface area contributed by atoms with Gasteiger partial charge in [0.25, 0.3) is 10.0 Å². The van der Waals surface area contributed by atoms with E-state index < -0.39 is 39.9 Å². The summed E-state index contributed by atoms with van der Waals surface area (Å²) in [6, 6.07) is 19.3. The number of sulfonamides is 1. The quantitative estimate of drug-likeness (QED) is 0.325. The van der Waals surface area contributed by atoms with Crippen LogP contribution >= 0.6 is 15.9 Å². The van der Waals surface area contributed by atoms with E-state index in [4.69, 9.17) is 0 Å². The van der Waals surface area contributed by atoms with Crippen LogP contribution in [0.5, 0.6) is 0 Å². The molecule has 208 valence electrons. The lowest BCUT2D eigenvalue weighted by molar-refractivity contribution is -0.141. The van der Waals surface area contributed by atoms with E-state index in [0.29, 0.717) is 10.0 Å². The van der Waals surface area contributed by atoms with E-state index in [1.165, 1.54) is 41.3 Å². The first kappa shape index (κ1) is 30.3. The van der Waals surface area contributed by atoms with Crippen LogP contribution in [0.15, 0.2) is 88.2 Å². The highest BCUT2D eigenvalue weighted by Crippen LogP contribution is 2.27. The molecule has 0 aromatic heterocycles. The average Bonchev–Trinajstić information content (AvgIpc) is 2.87. The van der Waals surface area contributed by atoms with Crippen molar-refractivity contribution >= 4 is 43.5 Å². The SMILES string of the molecule is CC[C@@H](C(=O)NC(C)(C)C)N(Cc1ccc(F)cc1)C(=O)CN(c1cccc(Br)c1)S(=O)(=O)c1ccccc1. The maximum absolute atomic E-state index is 14.0. The molecule has 39 heavy (non-hydrogen) atoms. The molecule has 3 aromatic carbocycles. The van der Waals surface area contributed by atoms with Crippen LogP contribution in [0.4, 0.5) is 10.1 Å². The summed E-state index contributed by atoms with van der Waals surface area (Å²) in [4.78, 5) is 28.7. The maximum Gasteiger partial charge on any atom is 0.264 e. The summed E-state index contributed by atoms with van der Waals surface area (Å²) >= 11 is 3.38. The van der Waals surface area contributed by atoms with E-state index in [9.17, 15) is 22.4 Å². The van der Waals surface area contributed by atoms with Gasteiger partial charge in [-0.05, 0) is 75.2 Å². The molecule has 0 saturated carbocycles. The molecule has 0 heterocycles. The lowest BCUT2D eigenvalue weighted by Crippen LogP contribution is -2.55. The van der Waals surface area contributed by atoms with Crippen molar-refractivity contribution in [3.63, 3.8) is 0 Å². The number of anilines is 1. The predicted molar refractivity (Wildman–Crippen MR) is 154 cm³/mol. The van der Waals surface area contributed by atoms with E-state index in [-0.39, 0.29) is 29.5 Å². The molecule has 0 spiro atoms. The Hall–Kier alpha value is -3.24. The molecular formula is C29H33BrFN3O4S. The molecule has 0 aliphatic heterocycles. The van der Waals surface area contributed by atoms with Crippen LogP contribution < -0.4 is 9.62 Å². The minimum absolute atomic E-state index is 0.00705. The molecule has 3 rings (SSSR count). The number of amides is 2. The molecule has 0 unspecified atom stereocenters. The van der Waals surface area contributed by atoms with Gasteiger partial charge in [0, 0.05) is 16.6 Å². The molecular weight excluding hydrogens is 585 g/mol. The van der Waals surface area contributed by atoms with Gasteiger partial charge in [-0.2, -0.15) is 0 Å². The second kappa shape index (κ2) is 12.7. The minimum Gasteiger partial charge on any atom is -0.350 e. The van der Waals surface area contributed by atoms with Crippen LogP contribution in [0, 0.1) is 5.82 Å². The smallest absolute Gasteiger partial charge is 0.264 e. The maximum atomic E-state index is 14.0. The second-order valence-corrected chi connectivity index (χ2v) is 12.9. The summed E-state index contributed by atoms with van der Waals surface area (Å²) in [5.74, 6) is -1.36. The number of hydrogen-bond donors (Lipinski definition) is 1. The fourth-order valence-corrected chi connectivity index (χ4v) is 5.85. The van der Waals surface area contributed by atoms with Crippen molar-refractivity contribution in [2.75, 3.05) is 10.8 Å². The van der Waals surface area contributed by atoms with Crippen molar-refractivity contribution in [2.24, 2.45) is 0 Å². The molecule has 0 bridgehead atoms. The third kappa shape index (κ3) is 8.12. The lowest BCUT2D eigenvalue weighted by Gasteiger charge is -2.34. The normalized spacial score (nSPS) is 12.5. The summed E-state index contributed by atoms with van der Waals surface area (Å²) in [6.45, 7) is 6.74. The summed E-state index contributed by atoms with van der Waals surface area (Å²) in [5.41, 5.74) is 0.343. The van der Waals surface area contributed by atoms with Crippen LogP contribution in [0.1, 0.15) is 39.7 Å². The number of rotatable bonds is 10. The fraction of sp³-hybridized carbons (Fsp3) is 0.310. The molecule has 3 aromatic rings. The number of benzene rings is 3. The summed E-state index contributed by atoms with van der Waals surface area (Å²) in [7, 11) is -4.14. The van der Waals surface area contributed by atoms with Gasteiger partial charge in [-0.25, -0.2) is 12.8 Å². The molecule has 0 saturated heterocycles. The Morgan fingerprint density at radius 2 is 1.62 bits per heavy atom. The molecule has 0 fully saturated rings. The Bertz CT molecular complexity index is 1390. The van der Waals surface area contributed by atoms with Crippen LogP contribution in [0.2, 0.25) is 0 Å². The third-order valence-electron chi connectivity index (χ3n) is 5.86. The van der Waals surface area contributed by atoms with Crippen molar-refractivity contribution in [3.05, 3.63) is 94.7 Å². The topological polar surface area (TPSA) is 86.8 Å². The van der Waals surface area contributed by atoms with Gasteiger partial charge in [0.1, 0.15) is 18.4 Å². The van der Waals surface area contributed by atoms with Gasteiger partial charge in [0.15, 0.2) is 0 Å². The van der Waals surface area contributed by atoms with Gasteiger partial charge >= 0.3 is 0 Å². The zero-order chi connectivity index (χ0) is 28.8. The molecule has 7 nitrogen and oxygen atoms in total. The number of carbonyl (C=O) groups is 2. The summed E-state index contributed by atoms with van der Waals surface area (Å²) in [5, 5.41) is 2.92. The van der Waals surface area contributed by atoms with Crippen molar-refractivity contribution in [1.29, 1.82) is 0 Å². The first-order chi connectivity index (χ1) is 18.3. The molecule has 10 heteroatoms. The zero-order valence-corrected chi connectivity index (χ0v) is 24.8. The predicted octanol–water partition coefficient (Wildman–Crippen LogP) is 5.51. The molecule has 1 N–H and O–H groups in total. The summed E-state index contributed by atoms with van der Waals surface area (Å²) < 4.78 is 42.8. The standard InChI is InChI=1S/C29H33BrFN3O4S/c1-5-26(28(36)32-29(2,3)4)33(19-21-14-16-23(31)17-15-21)27(35)20-34(24-11-9-10-22(30)18-24)39(37,38)25-12-7-6-8-13-25/h6-18,26H,5,19-20H2,1-4H3,(H,32,36)/t26-/m0/s1. The minimum atomic E-state index is -4.14. The van der Waals surface area contributed by atoms with E-state index in [2.05, 4.69) is 21.2 Å². The van der Waals surface area contributed by atoms with E-state index in [1.807, 2.05) is 20.8 Å². The largest absolute Gasteiger partial charge is 0.350 e. The lowest BCUT2D eigenvalue weighted by atomic mass is 10.1. The number of halogens is 2. The number of nitrogens with one attached hydrogen (secondary N) is 1. The van der Waals surface area contributed by atoms with Crippen LogP contribution in [-0.2, 0) is 26.2 Å². The van der Waals surface area contributed by atoms with Gasteiger partial charge in [0.2, 0.25) is 11.8 Å². The number of hydrogen-bond acceptors (Lipinski definition) is 4. The Labute approximate surface area is 238 Å². The second-order valence-electron chi connectivity index (χ2n) is 10.1. The van der Waals surface area contributed by atoms with Crippen LogP contribution in [0.3, 0.4) is 0 Å². The average molecular weight is 619 g/mol. The Kier molecular flexibility index (Phi) is 9.90. The van der Waals surface area contributed by atoms with Gasteiger partial charge in [-0.3, -0.25) is 13.9 Å². The van der Waals surface area contributed by atoms with Crippen LogP contribution in [0.25, 0.3) is 0 Å². The van der Waals surface area contributed by atoms with E-state index in [0.717, 1.165) is 4.31 Å². The molecule has 0 aliphatic carbocycles. The Morgan fingerprint density at radius 1 is 0.974 bits per heavy atom. The zero-order valence-electron chi connectivity index (χ0n) is 22.4. The van der Waals surface area contributed by atoms with Gasteiger partial charge in [-0.1, -0.05) is 59.3 Å². The summed E-state index contributed by atoms with van der Waals surface area (Å²) in [6.07, 6.45) is 0.289. The highest BCUT2D eigenvalue weighted by atomic mass is 79.9. The van der Waals surface area contributed by atoms with Crippen molar-refractivity contribution < 1.29 is 22.4 Å². The van der Waals surface area contributed by atoms with Crippen molar-refractivity contribution in [2.45, 2.75) is 57.1 Å². The third-order valence-corrected chi connectivity index (χ3v) is 8.14. The Morgan fingerprint density at radius 3 is 2.18 bits per heavy atom. The molecule has 0 radical (unpaired) electrons. The first-order valence-electron chi connectivity index (χ1n) is 12.5. The van der Waals surface area contributed by atoms with Crippen molar-refractivity contribution in [1.82, 2.24) is 10.2 Å². The number of carbonyl (C=O) groups excluding carboxylic acids is 2. The van der Waals surface area contributed by atoms with Crippen LogP contribution in [-0.4, -0.2) is 43.3 Å². The van der Waals surface area contributed by atoms with Gasteiger partial charge in [-0.15, -0.1) is 0 Å². The van der Waals surface area contributed by atoms with E-state index >= 15 is 0 Å². The number of nitrogens with zero attached hydrogens (tertiary/aromatic N) is 2. The Balaban J connectivity index is 2.06. The van der Waals surface area contributed by atoms with Gasteiger partial charge in [0.05, 0.1) is 10.6 Å². The highest BCUT2D eigenvalue weighted by molar-refractivity contribution is 9.10. The molecule has 1 atom stereocenters. The van der Waals surface area contributed by atoms with Crippen molar-refractivity contribution in [3.8, 4) is 0 Å². The molecule has 0 aliphatic rings. The molecule has 2 amide bonds. The van der Waals surface area contributed by atoms with Gasteiger partial charge < -0.3 is 10.2 Å². The van der Waals surface area contributed by atoms with E-state index in [1.54, 1.807) is 49.4 Å². The first-order valence-corrected chi connectivity index (χ1v) is 14.7.